The summed E-state index contributed by atoms with van der Waals surface area (Å²) < 4.78 is 5.83. The normalized spacial score (nSPS) is 29.3. The fraction of sp³-hybridized carbons (Fsp3) is 0.622. The summed E-state index contributed by atoms with van der Waals surface area (Å²) in [4.78, 5) is 35.6. The molecule has 1 aromatic carbocycles. The first-order valence-corrected chi connectivity index (χ1v) is 17.0. The second-order valence-electron chi connectivity index (χ2n) is 14.8. The van der Waals surface area contributed by atoms with Crippen LogP contribution in [0.5, 0.6) is 0 Å². The molecule has 0 aromatic heterocycles. The Morgan fingerprint density at radius 2 is 1.85 bits per heavy atom. The summed E-state index contributed by atoms with van der Waals surface area (Å²) in [6.45, 7) is 9.63. The van der Waals surface area contributed by atoms with Gasteiger partial charge in [0, 0.05) is 50.4 Å². The van der Waals surface area contributed by atoms with Crippen molar-refractivity contribution in [1.29, 1.82) is 0 Å². The number of hydrogen-bond acceptors (Lipinski definition) is 9. The third kappa shape index (κ3) is 8.49. The number of carboxylic acid groups (broad SMARTS) is 1. The van der Waals surface area contributed by atoms with Gasteiger partial charge >= 0.3 is 5.97 Å². The number of anilines is 1. The van der Waals surface area contributed by atoms with Crippen molar-refractivity contribution in [1.82, 2.24) is 15.3 Å². The molecule has 1 aliphatic heterocycles. The number of ether oxygens (including phenoxy) is 1. The maximum Gasteiger partial charge on any atom is 0.335 e. The van der Waals surface area contributed by atoms with Gasteiger partial charge in [-0.15, -0.1) is 0 Å². The first kappa shape index (κ1) is 37.6. The van der Waals surface area contributed by atoms with Crippen LogP contribution in [0.3, 0.4) is 0 Å². The number of carbonyl (C=O) groups is 2. The Morgan fingerprint density at radius 1 is 1.15 bits per heavy atom. The van der Waals surface area contributed by atoms with Gasteiger partial charge in [0.05, 0.1) is 31.1 Å². The van der Waals surface area contributed by atoms with Gasteiger partial charge in [0.25, 0.3) is 0 Å². The van der Waals surface area contributed by atoms with Crippen molar-refractivity contribution in [3.05, 3.63) is 59.9 Å². The van der Waals surface area contributed by atoms with Crippen LogP contribution in [0.2, 0.25) is 0 Å². The Kier molecular flexibility index (Phi) is 12.5. The van der Waals surface area contributed by atoms with E-state index in [1.54, 1.807) is 30.4 Å². The fourth-order valence-electron chi connectivity index (χ4n) is 7.65. The molecule has 0 unspecified atom stereocenters. The van der Waals surface area contributed by atoms with Gasteiger partial charge in [0.1, 0.15) is 12.1 Å². The quantitative estimate of drug-likeness (QED) is 0.125. The predicted octanol–water partition coefficient (Wildman–Crippen LogP) is 3.64. The highest BCUT2D eigenvalue weighted by atomic mass is 16.7. The second kappa shape index (κ2) is 16.0. The molecule has 3 aliphatic carbocycles. The lowest BCUT2D eigenvalue weighted by Gasteiger charge is -2.62. The largest absolute Gasteiger partial charge is 0.499 e. The molecule has 1 amide bonds. The molecule has 4 aliphatic rings. The number of aromatic carboxylic acids is 1. The summed E-state index contributed by atoms with van der Waals surface area (Å²) in [6, 6.07) is 4.45. The zero-order chi connectivity index (χ0) is 35.3. The van der Waals surface area contributed by atoms with Gasteiger partial charge < -0.3 is 35.2 Å². The van der Waals surface area contributed by atoms with Gasteiger partial charge in [-0.1, -0.05) is 45.1 Å². The van der Waals surface area contributed by atoms with Crippen molar-refractivity contribution in [3.8, 4) is 0 Å². The Hall–Kier alpha value is -3.22. The number of nitrogens with zero attached hydrogens (tertiary/aromatic N) is 3. The highest BCUT2D eigenvalue weighted by molar-refractivity contribution is 5.91. The van der Waals surface area contributed by atoms with Crippen molar-refractivity contribution in [2.45, 2.75) is 64.8 Å². The predicted molar refractivity (Wildman–Crippen MR) is 187 cm³/mol. The van der Waals surface area contributed by atoms with E-state index >= 15 is 0 Å². The molecular formula is C37H56N4O7. The molecule has 11 heteroatoms. The highest BCUT2D eigenvalue weighted by Crippen LogP contribution is 2.61. The van der Waals surface area contributed by atoms with Gasteiger partial charge in [-0.05, 0) is 80.8 Å². The van der Waals surface area contributed by atoms with Crippen molar-refractivity contribution >= 4 is 23.1 Å². The lowest BCUT2D eigenvalue weighted by atomic mass is 9.45. The number of allylic oxidation sites excluding steroid dienone is 4. The fourth-order valence-corrected chi connectivity index (χ4v) is 7.65. The van der Waals surface area contributed by atoms with E-state index in [1.807, 2.05) is 68.4 Å². The minimum absolute atomic E-state index is 0.0650. The first-order valence-electron chi connectivity index (χ1n) is 17.0. The maximum absolute atomic E-state index is 13.8. The zero-order valence-corrected chi connectivity index (χ0v) is 29.8. The van der Waals surface area contributed by atoms with Gasteiger partial charge in [-0.25, -0.2) is 4.79 Å². The number of hydrogen-bond donors (Lipinski definition) is 4. The number of amides is 1. The Balaban J connectivity index is 1.51. The third-order valence-corrected chi connectivity index (χ3v) is 10.8. The molecule has 4 fully saturated rings. The molecule has 0 spiro atoms. The minimum Gasteiger partial charge on any atom is -0.499 e. The third-order valence-electron chi connectivity index (χ3n) is 10.8. The molecule has 1 heterocycles. The topological polar surface area (TPSA) is 135 Å². The number of benzene rings is 1. The van der Waals surface area contributed by atoms with Crippen LogP contribution >= 0.6 is 0 Å². The monoisotopic (exact) mass is 668 g/mol. The van der Waals surface area contributed by atoms with Gasteiger partial charge in [0.15, 0.2) is 0 Å². The number of carbonyl (C=O) groups excluding carboxylic acids is 1. The second-order valence-corrected chi connectivity index (χ2v) is 14.8. The average molecular weight is 669 g/mol. The van der Waals surface area contributed by atoms with Crippen LogP contribution in [-0.4, -0.2) is 116 Å². The maximum atomic E-state index is 13.8. The summed E-state index contributed by atoms with van der Waals surface area (Å²) in [5, 5.41) is 35.4. The molecule has 3 saturated carbocycles. The van der Waals surface area contributed by atoms with Crippen LogP contribution in [0, 0.1) is 29.1 Å². The molecule has 1 saturated heterocycles. The lowest BCUT2D eigenvalue weighted by Crippen LogP contribution is -2.62. The van der Waals surface area contributed by atoms with Crippen LogP contribution < -0.4 is 10.2 Å². The molecule has 266 valence electrons. The van der Waals surface area contributed by atoms with Gasteiger partial charge in [-0.3, -0.25) is 9.63 Å². The average Bonchev–Trinajstić information content (AvgIpc) is 3.41. The van der Waals surface area contributed by atoms with Crippen LogP contribution in [0.15, 0.2) is 48.8 Å². The van der Waals surface area contributed by atoms with Gasteiger partial charge in [-0.2, -0.15) is 5.06 Å². The molecule has 5 rings (SSSR count). The van der Waals surface area contributed by atoms with E-state index < -0.39 is 30.1 Å². The smallest absolute Gasteiger partial charge is 0.335 e. The number of aliphatic hydroxyl groups excluding tert-OH is 2. The molecule has 1 aromatic rings. The first-order chi connectivity index (χ1) is 22.6. The summed E-state index contributed by atoms with van der Waals surface area (Å²) in [6.07, 6.45) is 9.55. The van der Waals surface area contributed by atoms with E-state index in [9.17, 15) is 24.9 Å². The summed E-state index contributed by atoms with van der Waals surface area (Å²) in [5.74, 6) is -0.283. The van der Waals surface area contributed by atoms with Crippen LogP contribution in [0.1, 0.15) is 56.5 Å². The molecule has 0 radical (unpaired) electrons. The molecule has 8 atom stereocenters. The number of rotatable bonds is 15. The summed E-state index contributed by atoms with van der Waals surface area (Å²) >= 11 is 0. The Morgan fingerprint density at radius 3 is 2.44 bits per heavy atom. The zero-order valence-electron chi connectivity index (χ0n) is 29.8. The van der Waals surface area contributed by atoms with Crippen molar-refractivity contribution in [2.24, 2.45) is 29.1 Å². The molecule has 2 bridgehead atoms. The van der Waals surface area contributed by atoms with E-state index in [0.29, 0.717) is 40.9 Å². The molecule has 11 nitrogen and oxygen atoms in total. The number of hydroxylamine groups is 2. The van der Waals surface area contributed by atoms with Crippen molar-refractivity contribution in [3.63, 3.8) is 0 Å². The van der Waals surface area contributed by atoms with E-state index in [2.05, 4.69) is 26.1 Å². The van der Waals surface area contributed by atoms with Crippen LogP contribution in [-0.2, 0) is 14.4 Å². The van der Waals surface area contributed by atoms with Gasteiger partial charge in [0.2, 0.25) is 5.91 Å². The Labute approximate surface area is 285 Å². The molecule has 48 heavy (non-hydrogen) atoms. The minimum atomic E-state index is -1.02. The van der Waals surface area contributed by atoms with Crippen molar-refractivity contribution < 1.29 is 34.5 Å². The van der Waals surface area contributed by atoms with Crippen LogP contribution in [0.25, 0.3) is 5.57 Å². The summed E-state index contributed by atoms with van der Waals surface area (Å²) in [7, 11) is 7.64. The standard InChI is InChI=1S/C37H56N4O7/c1-23-30-19-28(37(30,3)4)20-31(23)38-35(44)34-33(24(2)43)32(21-42)48-41(34)13-11-9-10-12-25(22-47-15-14-39(5)6)26-16-27(36(45)46)18-29(17-26)40(7)8/h9-12,16-18,22-24,28,30-34,42-43H,13-15,19-21H2,1-8H3,(H,38,44)(H,45,46)/b11-9+,12-10-,25-22-/t23-,24-,28-,30+,31-,32-,33+,34-/m0/s1. The number of nitrogens with one attached hydrogen (secondary N) is 1. The molecule has 4 N–H and O–H groups in total. The number of carboxylic acids is 1. The van der Waals surface area contributed by atoms with E-state index in [-0.39, 0.29) is 30.7 Å². The lowest BCUT2D eigenvalue weighted by molar-refractivity contribution is -0.172. The number of likely N-dealkylation sites (N-methyl/N-ethyl adjacent to an activating group) is 1. The van der Waals surface area contributed by atoms with Crippen molar-refractivity contribution in [2.75, 3.05) is 59.4 Å². The molecular weight excluding hydrogens is 612 g/mol. The van der Waals surface area contributed by atoms with E-state index in [0.717, 1.165) is 18.7 Å². The highest BCUT2D eigenvalue weighted by Gasteiger charge is 2.57. The van der Waals surface area contributed by atoms with E-state index in [4.69, 9.17) is 9.57 Å². The van der Waals surface area contributed by atoms with Crippen LogP contribution in [0.4, 0.5) is 5.69 Å². The SMILES string of the molecule is C[C@@H]1[C@@H](NC(=O)[C@@H]2[C@H]([C@H](C)O)[C@H](CO)ON2C/C=C/C=C\C(=C\OCCN(C)C)c2cc(C(=O)O)cc(N(C)C)c2)C[C@@H]2C[C@H]1C2(C)C. The van der Waals surface area contributed by atoms with E-state index in [1.165, 1.54) is 6.42 Å². The number of aliphatic hydroxyl groups is 2. The number of fused-ring (bicyclic) bond motifs is 2. The Bertz CT molecular complexity index is 1370. The summed E-state index contributed by atoms with van der Waals surface area (Å²) in [5.41, 5.74) is 2.60.